The van der Waals surface area contributed by atoms with E-state index in [9.17, 15) is 14.9 Å². The number of hydrogen-bond donors (Lipinski definition) is 2. The summed E-state index contributed by atoms with van der Waals surface area (Å²) in [6.45, 7) is 2.40. The zero-order valence-electron chi connectivity index (χ0n) is 18.5. The Kier molecular flexibility index (Phi) is 9.06. The van der Waals surface area contributed by atoms with E-state index in [1.165, 1.54) is 18.2 Å². The predicted molar refractivity (Wildman–Crippen MR) is 139 cm³/mol. The smallest absolute Gasteiger partial charge is 0.335 e. The van der Waals surface area contributed by atoms with Crippen LogP contribution in [0.1, 0.15) is 28.4 Å². The largest absolute Gasteiger partial charge is 0.490 e. The molecule has 7 nitrogen and oxygen atoms in total. The molecule has 3 aromatic carbocycles. The van der Waals surface area contributed by atoms with E-state index < -0.39 is 11.9 Å². The Bertz CT molecular complexity index is 1310. The molecule has 3 aromatic rings. The molecule has 178 valence electrons. The number of nitrogens with one attached hydrogen (secondary N) is 1. The fourth-order valence-electron chi connectivity index (χ4n) is 3.02. The molecule has 0 heterocycles. The van der Waals surface area contributed by atoms with Gasteiger partial charge in [0.05, 0.1) is 12.2 Å². The van der Waals surface area contributed by atoms with Gasteiger partial charge >= 0.3 is 5.97 Å². The van der Waals surface area contributed by atoms with E-state index in [2.05, 4.69) is 37.2 Å². The first-order valence-corrected chi connectivity index (χ1v) is 12.0. The van der Waals surface area contributed by atoms with Gasteiger partial charge < -0.3 is 19.9 Å². The highest BCUT2D eigenvalue weighted by atomic mass is 79.9. The lowest BCUT2D eigenvalue weighted by molar-refractivity contribution is -0.112. The minimum atomic E-state index is -0.995. The fraction of sp³-hybridized carbons (Fsp3) is 0.115. The summed E-state index contributed by atoms with van der Waals surface area (Å²) in [5.74, 6) is -0.643. The zero-order valence-corrected chi connectivity index (χ0v) is 21.7. The molecule has 0 aliphatic rings. The number of nitriles is 1. The Morgan fingerprint density at radius 3 is 2.40 bits per heavy atom. The van der Waals surface area contributed by atoms with Gasteiger partial charge in [0.15, 0.2) is 11.5 Å². The lowest BCUT2D eigenvalue weighted by Gasteiger charge is -2.14. The van der Waals surface area contributed by atoms with Crippen LogP contribution in [-0.2, 0) is 11.4 Å². The average Bonchev–Trinajstić information content (AvgIpc) is 2.83. The highest BCUT2D eigenvalue weighted by Crippen LogP contribution is 2.35. The molecule has 0 spiro atoms. The standard InChI is InChI=1S/C26H20Br2N2O5/c1-2-34-23-11-18(10-19(14-29)25(31)30-21-5-3-4-20(27)12-21)22(28)13-24(23)35-15-16-6-8-17(9-7-16)26(32)33/h3-13H,2,15H2,1H3,(H,30,31)(H,32,33)/b19-10-. The summed E-state index contributed by atoms with van der Waals surface area (Å²) in [5, 5.41) is 21.3. The van der Waals surface area contributed by atoms with E-state index in [0.717, 1.165) is 10.0 Å². The van der Waals surface area contributed by atoms with Crippen LogP contribution in [0.4, 0.5) is 5.69 Å². The Balaban J connectivity index is 1.82. The maximum atomic E-state index is 12.6. The molecule has 1 amide bonds. The normalized spacial score (nSPS) is 10.9. The topological polar surface area (TPSA) is 109 Å². The number of rotatable bonds is 9. The zero-order chi connectivity index (χ0) is 25.4. The first-order chi connectivity index (χ1) is 16.8. The summed E-state index contributed by atoms with van der Waals surface area (Å²) in [6, 6.07) is 18.8. The third-order valence-corrected chi connectivity index (χ3v) is 5.89. The number of anilines is 1. The van der Waals surface area contributed by atoms with Crippen molar-refractivity contribution in [3.8, 4) is 17.6 Å². The number of aromatic carboxylic acids is 1. The fourth-order valence-corrected chi connectivity index (χ4v) is 3.85. The molecule has 0 unspecified atom stereocenters. The number of carboxylic acids is 1. The van der Waals surface area contributed by atoms with Crippen molar-refractivity contribution in [2.24, 2.45) is 0 Å². The molecule has 2 N–H and O–H groups in total. The second-order valence-corrected chi connectivity index (χ2v) is 8.95. The van der Waals surface area contributed by atoms with Crippen LogP contribution in [0.3, 0.4) is 0 Å². The molecule has 0 saturated heterocycles. The molecular formula is C26H20Br2N2O5. The molecular weight excluding hydrogens is 580 g/mol. The maximum absolute atomic E-state index is 12.6. The molecule has 0 saturated carbocycles. The van der Waals surface area contributed by atoms with Gasteiger partial charge in [-0.3, -0.25) is 4.79 Å². The minimum Gasteiger partial charge on any atom is -0.490 e. The first-order valence-electron chi connectivity index (χ1n) is 10.4. The lowest BCUT2D eigenvalue weighted by Crippen LogP contribution is -2.13. The van der Waals surface area contributed by atoms with Crippen molar-refractivity contribution in [2.75, 3.05) is 11.9 Å². The van der Waals surface area contributed by atoms with Crippen molar-refractivity contribution in [1.82, 2.24) is 0 Å². The van der Waals surface area contributed by atoms with E-state index in [-0.39, 0.29) is 17.7 Å². The Hall–Kier alpha value is -3.61. The molecule has 0 fully saturated rings. The van der Waals surface area contributed by atoms with Crippen molar-refractivity contribution in [3.63, 3.8) is 0 Å². The second kappa shape index (κ2) is 12.2. The quantitative estimate of drug-likeness (QED) is 0.217. The van der Waals surface area contributed by atoms with Gasteiger partial charge in [-0.1, -0.05) is 50.1 Å². The number of carbonyl (C=O) groups is 2. The van der Waals surface area contributed by atoms with E-state index in [4.69, 9.17) is 14.6 Å². The van der Waals surface area contributed by atoms with Crippen LogP contribution in [0.15, 0.2) is 75.2 Å². The van der Waals surface area contributed by atoms with Crippen molar-refractivity contribution in [2.45, 2.75) is 13.5 Å². The Morgan fingerprint density at radius 1 is 1.06 bits per heavy atom. The summed E-state index contributed by atoms with van der Waals surface area (Å²) in [7, 11) is 0. The lowest BCUT2D eigenvalue weighted by atomic mass is 10.1. The average molecular weight is 600 g/mol. The molecule has 3 rings (SSSR count). The molecule has 0 aromatic heterocycles. The Morgan fingerprint density at radius 2 is 1.77 bits per heavy atom. The number of amides is 1. The summed E-state index contributed by atoms with van der Waals surface area (Å²) in [4.78, 5) is 23.7. The van der Waals surface area contributed by atoms with E-state index in [1.54, 1.807) is 42.5 Å². The van der Waals surface area contributed by atoms with Crippen LogP contribution in [0, 0.1) is 11.3 Å². The first kappa shape index (κ1) is 26.0. The Labute approximate surface area is 219 Å². The molecule has 0 radical (unpaired) electrons. The van der Waals surface area contributed by atoms with Crippen LogP contribution >= 0.6 is 31.9 Å². The molecule has 0 aliphatic heterocycles. The molecule has 0 aliphatic carbocycles. The number of benzene rings is 3. The van der Waals surface area contributed by atoms with Crippen molar-refractivity contribution in [1.29, 1.82) is 5.26 Å². The number of carbonyl (C=O) groups excluding carboxylic acids is 1. The predicted octanol–water partition coefficient (Wildman–Crippen LogP) is 6.43. The number of ether oxygens (including phenoxy) is 2. The number of nitrogens with zero attached hydrogens (tertiary/aromatic N) is 1. The number of halogens is 2. The summed E-state index contributed by atoms with van der Waals surface area (Å²) in [6.07, 6.45) is 1.47. The van der Waals surface area contributed by atoms with Gasteiger partial charge in [0.2, 0.25) is 0 Å². The highest BCUT2D eigenvalue weighted by Gasteiger charge is 2.15. The highest BCUT2D eigenvalue weighted by molar-refractivity contribution is 9.10. The summed E-state index contributed by atoms with van der Waals surface area (Å²) < 4.78 is 13.0. The third-order valence-electron chi connectivity index (χ3n) is 4.71. The van der Waals surface area contributed by atoms with Gasteiger partial charge in [0.25, 0.3) is 5.91 Å². The molecule has 9 heteroatoms. The van der Waals surface area contributed by atoms with Crippen LogP contribution in [0.5, 0.6) is 11.5 Å². The number of carboxylic acid groups (broad SMARTS) is 1. The SMILES string of the molecule is CCOc1cc(/C=C(/C#N)C(=O)Nc2cccc(Br)c2)c(Br)cc1OCc1ccc(C(=O)O)cc1. The summed E-state index contributed by atoms with van der Waals surface area (Å²) in [5.41, 5.74) is 2.01. The van der Waals surface area contributed by atoms with Crippen molar-refractivity contribution in [3.05, 3.63) is 91.9 Å². The van der Waals surface area contributed by atoms with Gasteiger partial charge in [-0.2, -0.15) is 5.26 Å². The van der Waals surface area contributed by atoms with Gasteiger partial charge in [-0.25, -0.2) is 4.79 Å². The van der Waals surface area contributed by atoms with Gasteiger partial charge in [0, 0.05) is 14.6 Å². The van der Waals surface area contributed by atoms with Gasteiger partial charge in [-0.15, -0.1) is 0 Å². The second-order valence-electron chi connectivity index (χ2n) is 7.18. The van der Waals surface area contributed by atoms with Crippen molar-refractivity contribution < 1.29 is 24.2 Å². The number of hydrogen-bond acceptors (Lipinski definition) is 5. The minimum absolute atomic E-state index is 0.0830. The van der Waals surface area contributed by atoms with Crippen LogP contribution in [-0.4, -0.2) is 23.6 Å². The maximum Gasteiger partial charge on any atom is 0.335 e. The van der Waals surface area contributed by atoms with Gasteiger partial charge in [-0.05, 0) is 66.6 Å². The molecule has 35 heavy (non-hydrogen) atoms. The van der Waals surface area contributed by atoms with E-state index >= 15 is 0 Å². The third kappa shape index (κ3) is 7.18. The van der Waals surface area contributed by atoms with E-state index in [1.807, 2.05) is 19.1 Å². The van der Waals surface area contributed by atoms with Gasteiger partial charge in [0.1, 0.15) is 18.2 Å². The van der Waals surface area contributed by atoms with Crippen LogP contribution in [0.2, 0.25) is 0 Å². The summed E-state index contributed by atoms with van der Waals surface area (Å²) >= 11 is 6.82. The molecule has 0 atom stereocenters. The van der Waals surface area contributed by atoms with E-state index in [0.29, 0.717) is 33.8 Å². The van der Waals surface area contributed by atoms with Crippen LogP contribution < -0.4 is 14.8 Å². The molecule has 0 bridgehead atoms. The monoisotopic (exact) mass is 598 g/mol. The van der Waals surface area contributed by atoms with Crippen molar-refractivity contribution >= 4 is 55.5 Å². The van der Waals surface area contributed by atoms with Crippen LogP contribution in [0.25, 0.3) is 6.08 Å².